The summed E-state index contributed by atoms with van der Waals surface area (Å²) in [7, 11) is 0. The summed E-state index contributed by atoms with van der Waals surface area (Å²) in [6, 6.07) is 7.03. The van der Waals surface area contributed by atoms with E-state index < -0.39 is 0 Å². The molecule has 0 amide bonds. The quantitative estimate of drug-likeness (QED) is 0.843. The molecule has 1 N–H and O–H groups in total. The zero-order valence-corrected chi connectivity index (χ0v) is 11.1. The van der Waals surface area contributed by atoms with Gasteiger partial charge in [0, 0.05) is 6.04 Å². The molecule has 0 aromatic heterocycles. The Bertz CT molecular complexity index is 369. The monoisotopic (exact) mass is 233 g/mol. The normalized spacial score (nSPS) is 23.2. The van der Waals surface area contributed by atoms with E-state index in [2.05, 4.69) is 44.3 Å². The Balaban J connectivity index is 1.77. The number of benzene rings is 1. The first-order valence-corrected chi connectivity index (χ1v) is 6.66. The summed E-state index contributed by atoms with van der Waals surface area (Å²) in [5.41, 5.74) is 2.64. The topological polar surface area (TPSA) is 21.3 Å². The summed E-state index contributed by atoms with van der Waals surface area (Å²) in [4.78, 5) is 0. The summed E-state index contributed by atoms with van der Waals surface area (Å²) in [6.07, 6.45) is 3.91. The molecule has 1 fully saturated rings. The van der Waals surface area contributed by atoms with Gasteiger partial charge < -0.3 is 10.1 Å². The molecule has 2 rings (SSSR count). The van der Waals surface area contributed by atoms with Crippen LogP contribution in [-0.2, 0) is 0 Å². The van der Waals surface area contributed by atoms with Gasteiger partial charge in [0.1, 0.15) is 11.9 Å². The minimum Gasteiger partial charge on any atom is -0.490 e. The van der Waals surface area contributed by atoms with E-state index in [0.717, 1.165) is 25.1 Å². The average Bonchev–Trinajstić information content (AvgIpc) is 2.26. The molecule has 0 bridgehead atoms. The highest BCUT2D eigenvalue weighted by Gasteiger charge is 2.30. The molecule has 0 atom stereocenters. The Morgan fingerprint density at radius 3 is 2.65 bits per heavy atom. The first kappa shape index (κ1) is 12.4. The van der Waals surface area contributed by atoms with Gasteiger partial charge in [-0.1, -0.05) is 13.0 Å². The predicted octanol–water partition coefficient (Wildman–Crippen LogP) is 3.21. The molecule has 1 aliphatic carbocycles. The van der Waals surface area contributed by atoms with Crippen molar-refractivity contribution in [2.24, 2.45) is 0 Å². The summed E-state index contributed by atoms with van der Waals surface area (Å²) < 4.78 is 5.96. The van der Waals surface area contributed by atoms with Crippen molar-refractivity contribution in [2.45, 2.75) is 52.2 Å². The van der Waals surface area contributed by atoms with Crippen LogP contribution in [0.15, 0.2) is 18.2 Å². The summed E-state index contributed by atoms with van der Waals surface area (Å²) in [5.74, 6) is 1.02. The third-order valence-corrected chi connectivity index (χ3v) is 3.56. The van der Waals surface area contributed by atoms with Gasteiger partial charge in [0.05, 0.1) is 0 Å². The molecular formula is C15H23NO. The van der Waals surface area contributed by atoms with Crippen LogP contribution in [0.4, 0.5) is 0 Å². The van der Waals surface area contributed by atoms with Gasteiger partial charge in [0.2, 0.25) is 0 Å². The second-order valence-corrected chi connectivity index (χ2v) is 5.11. The fourth-order valence-corrected chi connectivity index (χ4v) is 2.16. The fourth-order valence-electron chi connectivity index (χ4n) is 2.16. The standard InChI is InChI=1S/C15H23NO/c1-4-7-16-13-9-15(10-13)17-14-6-5-11(2)12(3)8-14/h5-6,8,13,15-16H,4,7,9-10H2,1-3H3. The van der Waals surface area contributed by atoms with E-state index in [0.29, 0.717) is 12.1 Å². The van der Waals surface area contributed by atoms with Gasteiger partial charge in [0.15, 0.2) is 0 Å². The lowest BCUT2D eigenvalue weighted by Gasteiger charge is -2.36. The Kier molecular flexibility index (Phi) is 4.06. The minimum atomic E-state index is 0.409. The maximum atomic E-state index is 5.96. The lowest BCUT2D eigenvalue weighted by Crippen LogP contribution is -2.46. The van der Waals surface area contributed by atoms with E-state index in [1.54, 1.807) is 0 Å². The Labute approximate surface area is 104 Å². The van der Waals surface area contributed by atoms with Crippen LogP contribution in [0.25, 0.3) is 0 Å². The van der Waals surface area contributed by atoms with E-state index in [1.807, 2.05) is 0 Å². The van der Waals surface area contributed by atoms with Crippen LogP contribution in [0.5, 0.6) is 5.75 Å². The molecule has 0 unspecified atom stereocenters. The van der Waals surface area contributed by atoms with Crippen LogP contribution in [-0.4, -0.2) is 18.7 Å². The highest BCUT2D eigenvalue weighted by molar-refractivity contribution is 5.34. The van der Waals surface area contributed by atoms with Crippen LogP contribution in [0, 0.1) is 13.8 Å². The third kappa shape index (κ3) is 3.22. The van der Waals surface area contributed by atoms with Gasteiger partial charge in [-0.15, -0.1) is 0 Å². The molecule has 0 saturated heterocycles. The van der Waals surface area contributed by atoms with Crippen LogP contribution in [0.1, 0.15) is 37.3 Å². The molecule has 2 heteroatoms. The first-order valence-electron chi connectivity index (χ1n) is 6.66. The largest absolute Gasteiger partial charge is 0.490 e. The van der Waals surface area contributed by atoms with Crippen LogP contribution in [0.2, 0.25) is 0 Å². The van der Waals surface area contributed by atoms with E-state index in [9.17, 15) is 0 Å². The second-order valence-electron chi connectivity index (χ2n) is 5.11. The molecular weight excluding hydrogens is 210 g/mol. The van der Waals surface area contributed by atoms with Crippen molar-refractivity contribution >= 4 is 0 Å². The van der Waals surface area contributed by atoms with Gasteiger partial charge in [-0.2, -0.15) is 0 Å². The summed E-state index contributed by atoms with van der Waals surface area (Å²) >= 11 is 0. The molecule has 1 saturated carbocycles. The fraction of sp³-hybridized carbons (Fsp3) is 0.600. The van der Waals surface area contributed by atoms with Crippen molar-refractivity contribution in [1.82, 2.24) is 5.32 Å². The van der Waals surface area contributed by atoms with Crippen LogP contribution in [0.3, 0.4) is 0 Å². The molecule has 0 heterocycles. The minimum absolute atomic E-state index is 0.409. The molecule has 17 heavy (non-hydrogen) atoms. The van der Waals surface area contributed by atoms with Gasteiger partial charge in [-0.3, -0.25) is 0 Å². The van der Waals surface area contributed by atoms with Crippen molar-refractivity contribution in [1.29, 1.82) is 0 Å². The number of hydrogen-bond acceptors (Lipinski definition) is 2. The van der Waals surface area contributed by atoms with Crippen molar-refractivity contribution in [3.63, 3.8) is 0 Å². The van der Waals surface area contributed by atoms with E-state index >= 15 is 0 Å². The zero-order valence-electron chi connectivity index (χ0n) is 11.1. The molecule has 0 aliphatic heterocycles. The molecule has 0 spiro atoms. The molecule has 2 nitrogen and oxygen atoms in total. The molecule has 1 aromatic carbocycles. The Morgan fingerprint density at radius 2 is 2.00 bits per heavy atom. The van der Waals surface area contributed by atoms with E-state index in [-0.39, 0.29) is 0 Å². The molecule has 1 aliphatic rings. The second kappa shape index (κ2) is 5.54. The maximum Gasteiger partial charge on any atom is 0.120 e. The Hall–Kier alpha value is -1.02. The van der Waals surface area contributed by atoms with E-state index in [1.165, 1.54) is 17.5 Å². The third-order valence-electron chi connectivity index (χ3n) is 3.56. The van der Waals surface area contributed by atoms with Crippen molar-refractivity contribution in [3.8, 4) is 5.75 Å². The average molecular weight is 233 g/mol. The number of hydrogen-bond donors (Lipinski definition) is 1. The van der Waals surface area contributed by atoms with Crippen LogP contribution < -0.4 is 10.1 Å². The number of nitrogens with one attached hydrogen (secondary N) is 1. The van der Waals surface area contributed by atoms with Crippen molar-refractivity contribution in [3.05, 3.63) is 29.3 Å². The van der Waals surface area contributed by atoms with Gasteiger partial charge in [-0.05, 0) is 62.9 Å². The highest BCUT2D eigenvalue weighted by Crippen LogP contribution is 2.27. The highest BCUT2D eigenvalue weighted by atomic mass is 16.5. The lowest BCUT2D eigenvalue weighted by molar-refractivity contribution is 0.0852. The van der Waals surface area contributed by atoms with Crippen molar-refractivity contribution in [2.75, 3.05) is 6.54 Å². The number of ether oxygens (including phenoxy) is 1. The smallest absolute Gasteiger partial charge is 0.120 e. The molecule has 1 aromatic rings. The Morgan fingerprint density at radius 1 is 1.24 bits per heavy atom. The van der Waals surface area contributed by atoms with Gasteiger partial charge in [-0.25, -0.2) is 0 Å². The van der Waals surface area contributed by atoms with Crippen LogP contribution >= 0.6 is 0 Å². The summed E-state index contributed by atoms with van der Waals surface area (Å²) in [6.45, 7) is 7.59. The number of aryl methyl sites for hydroxylation is 2. The molecule has 94 valence electrons. The summed E-state index contributed by atoms with van der Waals surface area (Å²) in [5, 5.41) is 3.53. The van der Waals surface area contributed by atoms with Gasteiger partial charge in [0.25, 0.3) is 0 Å². The number of rotatable bonds is 5. The SMILES string of the molecule is CCCNC1CC(Oc2ccc(C)c(C)c2)C1. The first-order chi connectivity index (χ1) is 8.19. The maximum absolute atomic E-state index is 5.96. The zero-order chi connectivity index (χ0) is 12.3. The van der Waals surface area contributed by atoms with E-state index in [4.69, 9.17) is 4.74 Å². The molecule has 0 radical (unpaired) electrons. The lowest BCUT2D eigenvalue weighted by atomic mass is 9.89. The van der Waals surface area contributed by atoms with Gasteiger partial charge >= 0.3 is 0 Å². The predicted molar refractivity (Wildman–Crippen MR) is 71.6 cm³/mol. The van der Waals surface area contributed by atoms with Crippen molar-refractivity contribution < 1.29 is 4.74 Å².